The number of hydrogen-bond acceptors (Lipinski definition) is 4. The minimum atomic E-state index is -0.202. The van der Waals surface area contributed by atoms with E-state index >= 15 is 0 Å². The second-order valence-electron chi connectivity index (χ2n) is 5.82. The summed E-state index contributed by atoms with van der Waals surface area (Å²) in [5.74, 6) is 1.23. The maximum absolute atomic E-state index is 12.8. The summed E-state index contributed by atoms with van der Waals surface area (Å²) in [6.45, 7) is 2.74. The normalized spacial score (nSPS) is 11.8. The van der Waals surface area contributed by atoms with Crippen LogP contribution in [-0.4, -0.2) is 23.2 Å². The summed E-state index contributed by atoms with van der Waals surface area (Å²) >= 11 is 0. The standard InChI is InChI=1S/C20H21N3O2/c1-15(16-8-4-3-5-9-16)14-22-19-20(24)23(13-12-21-19)17-10-6-7-11-18(17)25-2/h3-13,15H,14H2,1-2H3,(H,21,22). The lowest BCUT2D eigenvalue weighted by Crippen LogP contribution is -2.25. The van der Waals surface area contributed by atoms with Crippen LogP contribution in [-0.2, 0) is 0 Å². The van der Waals surface area contributed by atoms with Crippen LogP contribution in [0, 0.1) is 0 Å². The number of nitrogens with zero attached hydrogens (tertiary/aromatic N) is 2. The van der Waals surface area contributed by atoms with Crippen molar-refractivity contribution in [1.82, 2.24) is 9.55 Å². The largest absolute Gasteiger partial charge is 0.495 e. The van der Waals surface area contributed by atoms with Gasteiger partial charge in [-0.1, -0.05) is 49.4 Å². The van der Waals surface area contributed by atoms with Crippen LogP contribution in [0.25, 0.3) is 5.69 Å². The van der Waals surface area contributed by atoms with E-state index < -0.39 is 0 Å². The third-order valence-electron chi connectivity index (χ3n) is 4.13. The molecule has 0 bridgehead atoms. The Morgan fingerprint density at radius 2 is 1.84 bits per heavy atom. The highest BCUT2D eigenvalue weighted by Gasteiger charge is 2.11. The van der Waals surface area contributed by atoms with E-state index in [2.05, 4.69) is 29.4 Å². The van der Waals surface area contributed by atoms with Gasteiger partial charge in [0.25, 0.3) is 5.56 Å². The second-order valence-corrected chi connectivity index (χ2v) is 5.82. The number of anilines is 1. The summed E-state index contributed by atoms with van der Waals surface area (Å²) in [4.78, 5) is 17.0. The van der Waals surface area contributed by atoms with Crippen molar-refractivity contribution in [2.75, 3.05) is 19.0 Å². The predicted octanol–water partition coefficient (Wildman–Crippen LogP) is 3.46. The van der Waals surface area contributed by atoms with E-state index in [9.17, 15) is 4.79 Å². The summed E-state index contributed by atoms with van der Waals surface area (Å²) in [5.41, 5.74) is 1.71. The molecule has 0 spiro atoms. The van der Waals surface area contributed by atoms with E-state index in [1.54, 1.807) is 24.1 Å². The number of aromatic nitrogens is 2. The summed E-state index contributed by atoms with van der Waals surface area (Å²) < 4.78 is 6.89. The van der Waals surface area contributed by atoms with Crippen LogP contribution in [0.15, 0.2) is 71.8 Å². The first-order chi connectivity index (χ1) is 12.2. The number of hydrogen-bond donors (Lipinski definition) is 1. The quantitative estimate of drug-likeness (QED) is 0.749. The molecule has 0 aliphatic heterocycles. The van der Waals surface area contributed by atoms with Gasteiger partial charge < -0.3 is 10.1 Å². The summed E-state index contributed by atoms with van der Waals surface area (Å²) in [5, 5.41) is 3.17. The van der Waals surface area contributed by atoms with Crippen molar-refractivity contribution >= 4 is 5.82 Å². The molecule has 1 N–H and O–H groups in total. The molecule has 1 heterocycles. The molecule has 128 valence electrons. The molecule has 5 nitrogen and oxygen atoms in total. The fourth-order valence-corrected chi connectivity index (χ4v) is 2.70. The Morgan fingerprint density at radius 1 is 1.12 bits per heavy atom. The van der Waals surface area contributed by atoms with Gasteiger partial charge in [-0.3, -0.25) is 9.36 Å². The van der Waals surface area contributed by atoms with Gasteiger partial charge in [0.05, 0.1) is 12.8 Å². The lowest BCUT2D eigenvalue weighted by atomic mass is 10.0. The molecule has 0 aliphatic carbocycles. The fourth-order valence-electron chi connectivity index (χ4n) is 2.70. The van der Waals surface area contributed by atoms with Crippen LogP contribution in [0.5, 0.6) is 5.75 Å². The zero-order valence-corrected chi connectivity index (χ0v) is 14.3. The molecule has 0 aliphatic rings. The summed E-state index contributed by atoms with van der Waals surface area (Å²) in [6, 6.07) is 17.6. The Hall–Kier alpha value is -3.08. The molecular weight excluding hydrogens is 314 g/mol. The van der Waals surface area contributed by atoms with Crippen molar-refractivity contribution in [2.45, 2.75) is 12.8 Å². The fraction of sp³-hybridized carbons (Fsp3) is 0.200. The van der Waals surface area contributed by atoms with Crippen molar-refractivity contribution in [3.63, 3.8) is 0 Å². The van der Waals surface area contributed by atoms with Crippen LogP contribution in [0.1, 0.15) is 18.4 Å². The lowest BCUT2D eigenvalue weighted by molar-refractivity contribution is 0.412. The third-order valence-corrected chi connectivity index (χ3v) is 4.13. The topological polar surface area (TPSA) is 56.1 Å². The number of ether oxygens (including phenoxy) is 1. The number of benzene rings is 2. The molecule has 25 heavy (non-hydrogen) atoms. The minimum absolute atomic E-state index is 0.202. The van der Waals surface area contributed by atoms with Gasteiger partial charge >= 0.3 is 0 Å². The van der Waals surface area contributed by atoms with E-state index in [1.165, 1.54) is 5.56 Å². The van der Waals surface area contributed by atoms with Gasteiger partial charge in [0.1, 0.15) is 5.75 Å². The molecule has 3 aromatic rings. The van der Waals surface area contributed by atoms with Gasteiger partial charge in [0.15, 0.2) is 5.82 Å². The number of nitrogens with one attached hydrogen (secondary N) is 1. The Kier molecular flexibility index (Phi) is 5.14. The van der Waals surface area contributed by atoms with E-state index in [1.807, 2.05) is 42.5 Å². The monoisotopic (exact) mass is 335 g/mol. The first-order valence-corrected chi connectivity index (χ1v) is 8.20. The molecule has 0 fully saturated rings. The molecule has 1 aromatic heterocycles. The molecule has 1 atom stereocenters. The highest BCUT2D eigenvalue weighted by atomic mass is 16.5. The molecule has 3 rings (SSSR count). The molecule has 1 unspecified atom stereocenters. The van der Waals surface area contributed by atoms with Gasteiger partial charge in [0.2, 0.25) is 0 Å². The third kappa shape index (κ3) is 3.71. The van der Waals surface area contributed by atoms with Crippen LogP contribution in [0.3, 0.4) is 0 Å². The smallest absolute Gasteiger partial charge is 0.297 e. The van der Waals surface area contributed by atoms with E-state index in [4.69, 9.17) is 4.74 Å². The Bertz CT molecular complexity index is 891. The SMILES string of the molecule is COc1ccccc1-n1ccnc(NCC(C)c2ccccc2)c1=O. The molecule has 0 radical (unpaired) electrons. The Balaban J connectivity index is 1.83. The number of rotatable bonds is 6. The average molecular weight is 335 g/mol. The minimum Gasteiger partial charge on any atom is -0.495 e. The van der Waals surface area contributed by atoms with Gasteiger partial charge in [-0.25, -0.2) is 4.98 Å². The summed E-state index contributed by atoms with van der Waals surface area (Å²) in [7, 11) is 1.59. The van der Waals surface area contributed by atoms with E-state index in [0.717, 1.165) is 0 Å². The van der Waals surface area contributed by atoms with Crippen molar-refractivity contribution in [1.29, 1.82) is 0 Å². The molecule has 2 aromatic carbocycles. The second kappa shape index (κ2) is 7.66. The molecule has 0 amide bonds. The van der Waals surface area contributed by atoms with Crippen molar-refractivity contribution in [2.24, 2.45) is 0 Å². The molecular formula is C20H21N3O2. The van der Waals surface area contributed by atoms with Crippen LogP contribution in [0.2, 0.25) is 0 Å². The predicted molar refractivity (Wildman–Crippen MR) is 99.7 cm³/mol. The van der Waals surface area contributed by atoms with Gasteiger partial charge in [-0.05, 0) is 23.6 Å². The molecule has 0 saturated carbocycles. The molecule has 5 heteroatoms. The Labute approximate surface area is 146 Å². The van der Waals surface area contributed by atoms with Gasteiger partial charge in [-0.15, -0.1) is 0 Å². The molecule has 0 saturated heterocycles. The van der Waals surface area contributed by atoms with E-state index in [0.29, 0.717) is 23.8 Å². The number of methoxy groups -OCH3 is 1. The van der Waals surface area contributed by atoms with E-state index in [-0.39, 0.29) is 11.5 Å². The highest BCUT2D eigenvalue weighted by molar-refractivity contribution is 5.48. The summed E-state index contributed by atoms with van der Waals surface area (Å²) in [6.07, 6.45) is 3.26. The van der Waals surface area contributed by atoms with Crippen molar-refractivity contribution in [3.05, 3.63) is 82.9 Å². The van der Waals surface area contributed by atoms with Gasteiger partial charge in [-0.2, -0.15) is 0 Å². The highest BCUT2D eigenvalue weighted by Crippen LogP contribution is 2.20. The zero-order chi connectivity index (χ0) is 17.6. The van der Waals surface area contributed by atoms with Gasteiger partial charge in [0, 0.05) is 18.9 Å². The average Bonchev–Trinajstić information content (AvgIpc) is 2.67. The maximum atomic E-state index is 12.8. The first kappa shape index (κ1) is 16.8. The van der Waals surface area contributed by atoms with Crippen LogP contribution in [0.4, 0.5) is 5.82 Å². The zero-order valence-electron chi connectivity index (χ0n) is 14.3. The maximum Gasteiger partial charge on any atom is 0.297 e. The van der Waals surface area contributed by atoms with Crippen LogP contribution >= 0.6 is 0 Å². The first-order valence-electron chi connectivity index (χ1n) is 8.20. The lowest BCUT2D eigenvalue weighted by Gasteiger charge is -2.15. The van der Waals surface area contributed by atoms with Crippen molar-refractivity contribution < 1.29 is 4.74 Å². The Morgan fingerprint density at radius 3 is 2.60 bits per heavy atom. The number of para-hydroxylation sites is 2. The van der Waals surface area contributed by atoms with Crippen LogP contribution < -0.4 is 15.6 Å². The van der Waals surface area contributed by atoms with Crippen molar-refractivity contribution in [3.8, 4) is 11.4 Å².